The van der Waals surface area contributed by atoms with Crippen LogP contribution in [0.1, 0.15) is 32.6 Å². The van der Waals surface area contributed by atoms with Crippen molar-refractivity contribution in [3.05, 3.63) is 0 Å². The number of nitrogens with one attached hydrogen (secondary N) is 2. The third kappa shape index (κ3) is 6.00. The average molecular weight is 276 g/mol. The monoisotopic (exact) mass is 276 g/mol. The number of hydrogen-bond donors (Lipinski definition) is 3. The van der Waals surface area contributed by atoms with E-state index in [0.717, 1.165) is 12.8 Å². The van der Waals surface area contributed by atoms with Crippen LogP contribution in [-0.4, -0.2) is 44.9 Å². The number of carboxylic acids is 1. The minimum atomic E-state index is -0.862. The van der Waals surface area contributed by atoms with Gasteiger partial charge in [-0.15, -0.1) is 0 Å². The maximum absolute atomic E-state index is 11.6. The molecule has 0 radical (unpaired) electrons. The summed E-state index contributed by atoms with van der Waals surface area (Å²) in [6, 6.07) is -0.362. The average Bonchev–Trinajstić information content (AvgIpc) is 2.29. The molecule has 1 heterocycles. The predicted molar refractivity (Wildman–Crippen MR) is 68.9 cm³/mol. The molecule has 1 aliphatic heterocycles. The first-order valence-electron chi connectivity index (χ1n) is 6.11. The van der Waals surface area contributed by atoms with Gasteiger partial charge < -0.3 is 15.7 Å². The summed E-state index contributed by atoms with van der Waals surface area (Å²) in [6.07, 6.45) is 1.94. The van der Waals surface area contributed by atoms with Gasteiger partial charge in [0.1, 0.15) is 0 Å². The molecular formula is C11H20N2O4S. The van der Waals surface area contributed by atoms with Gasteiger partial charge >= 0.3 is 12.0 Å². The van der Waals surface area contributed by atoms with Crippen molar-refractivity contribution in [3.63, 3.8) is 0 Å². The smallest absolute Gasteiger partial charge is 0.315 e. The van der Waals surface area contributed by atoms with Gasteiger partial charge in [0.2, 0.25) is 0 Å². The maximum atomic E-state index is 11.6. The van der Waals surface area contributed by atoms with E-state index in [1.165, 1.54) is 0 Å². The zero-order chi connectivity index (χ0) is 13.5. The minimum Gasteiger partial charge on any atom is -0.481 e. The summed E-state index contributed by atoms with van der Waals surface area (Å²) in [5.41, 5.74) is 0. The number of carbonyl (C=O) groups is 2. The van der Waals surface area contributed by atoms with E-state index >= 15 is 0 Å². The molecule has 0 aromatic heterocycles. The Kier molecular flexibility index (Phi) is 6.11. The first kappa shape index (κ1) is 14.9. The van der Waals surface area contributed by atoms with Crippen molar-refractivity contribution in [3.8, 4) is 0 Å². The second kappa shape index (κ2) is 7.35. The van der Waals surface area contributed by atoms with Gasteiger partial charge in [0.05, 0.1) is 0 Å². The Balaban J connectivity index is 2.20. The highest BCUT2D eigenvalue weighted by atomic mass is 32.2. The van der Waals surface area contributed by atoms with Crippen LogP contribution >= 0.6 is 0 Å². The summed E-state index contributed by atoms with van der Waals surface area (Å²) in [5, 5.41) is 14.1. The number of urea groups is 1. The molecule has 1 saturated heterocycles. The van der Waals surface area contributed by atoms with Crippen molar-refractivity contribution in [2.75, 3.05) is 11.5 Å². The summed E-state index contributed by atoms with van der Waals surface area (Å²) in [5.74, 6) is 0.415. The molecule has 1 fully saturated rings. The Hall–Kier alpha value is -1.11. The van der Waals surface area contributed by atoms with Crippen molar-refractivity contribution in [2.24, 2.45) is 0 Å². The normalized spacial score (nSPS) is 25.2. The van der Waals surface area contributed by atoms with E-state index in [0.29, 0.717) is 17.9 Å². The molecular weight excluding hydrogens is 256 g/mol. The zero-order valence-corrected chi connectivity index (χ0v) is 11.3. The molecule has 6 nitrogen and oxygen atoms in total. The molecule has 3 N–H and O–H groups in total. The van der Waals surface area contributed by atoms with E-state index in [1.54, 1.807) is 6.92 Å². The van der Waals surface area contributed by atoms with Gasteiger partial charge in [0.25, 0.3) is 0 Å². The van der Waals surface area contributed by atoms with Crippen molar-refractivity contribution >= 4 is 22.8 Å². The Labute approximate surface area is 109 Å². The highest BCUT2D eigenvalue weighted by Crippen LogP contribution is 2.08. The van der Waals surface area contributed by atoms with E-state index < -0.39 is 16.8 Å². The van der Waals surface area contributed by atoms with Crippen molar-refractivity contribution in [2.45, 2.75) is 44.7 Å². The SMILES string of the molecule is CC(CCC(=O)O)NC(=O)NC1CCS(=O)CC1. The fraction of sp³-hybridized carbons (Fsp3) is 0.818. The van der Waals surface area contributed by atoms with Gasteiger partial charge in [-0.2, -0.15) is 0 Å². The van der Waals surface area contributed by atoms with E-state index in [-0.39, 0.29) is 24.5 Å². The standard InChI is InChI=1S/C11H20N2O4S/c1-8(2-3-10(14)15)12-11(16)13-9-4-6-18(17)7-5-9/h8-9H,2-7H2,1H3,(H,14,15)(H2,12,13,16). The topological polar surface area (TPSA) is 95.5 Å². The molecule has 2 amide bonds. The Bertz CT molecular complexity index is 325. The van der Waals surface area contributed by atoms with E-state index in [4.69, 9.17) is 5.11 Å². The largest absolute Gasteiger partial charge is 0.481 e. The second-order valence-corrected chi connectivity index (χ2v) is 6.27. The summed E-state index contributed by atoms with van der Waals surface area (Å²) in [4.78, 5) is 22.0. The molecule has 0 saturated carbocycles. The van der Waals surface area contributed by atoms with Gasteiger partial charge in [0, 0.05) is 40.8 Å². The van der Waals surface area contributed by atoms with Crippen molar-refractivity contribution in [1.29, 1.82) is 0 Å². The highest BCUT2D eigenvalue weighted by Gasteiger charge is 2.20. The molecule has 7 heteroatoms. The van der Waals surface area contributed by atoms with Crippen LogP contribution in [0.25, 0.3) is 0 Å². The first-order chi connectivity index (χ1) is 8.47. The van der Waals surface area contributed by atoms with E-state index in [2.05, 4.69) is 10.6 Å². The van der Waals surface area contributed by atoms with Gasteiger partial charge in [-0.05, 0) is 26.2 Å². The first-order valence-corrected chi connectivity index (χ1v) is 7.60. The summed E-state index contributed by atoms with van der Waals surface area (Å²) in [7, 11) is -0.732. The number of carbonyl (C=O) groups excluding carboxylic acids is 1. The van der Waals surface area contributed by atoms with Crippen molar-refractivity contribution < 1.29 is 18.9 Å². The Morgan fingerprint density at radius 2 is 2.00 bits per heavy atom. The molecule has 0 spiro atoms. The fourth-order valence-corrected chi connectivity index (χ4v) is 3.10. The van der Waals surface area contributed by atoms with Crippen LogP contribution < -0.4 is 10.6 Å². The van der Waals surface area contributed by atoms with Gasteiger partial charge in [0.15, 0.2) is 0 Å². The van der Waals surface area contributed by atoms with Crippen LogP contribution in [0.3, 0.4) is 0 Å². The molecule has 104 valence electrons. The number of carboxylic acid groups (broad SMARTS) is 1. The summed E-state index contributed by atoms with van der Waals surface area (Å²) < 4.78 is 11.1. The third-order valence-electron chi connectivity index (χ3n) is 2.89. The van der Waals surface area contributed by atoms with Gasteiger partial charge in [-0.3, -0.25) is 9.00 Å². The maximum Gasteiger partial charge on any atom is 0.315 e. The molecule has 1 aliphatic rings. The van der Waals surface area contributed by atoms with Crippen LogP contribution in [0.5, 0.6) is 0 Å². The third-order valence-corrected chi connectivity index (χ3v) is 4.27. The molecule has 1 unspecified atom stereocenters. The Morgan fingerprint density at radius 3 is 2.56 bits per heavy atom. The number of rotatable bonds is 5. The Morgan fingerprint density at radius 1 is 1.39 bits per heavy atom. The van der Waals surface area contributed by atoms with E-state index in [1.807, 2.05) is 0 Å². The van der Waals surface area contributed by atoms with Crippen LogP contribution in [0.15, 0.2) is 0 Å². The van der Waals surface area contributed by atoms with Crippen LogP contribution in [0, 0.1) is 0 Å². The lowest BCUT2D eigenvalue weighted by molar-refractivity contribution is -0.137. The fourth-order valence-electron chi connectivity index (χ4n) is 1.80. The summed E-state index contributed by atoms with van der Waals surface area (Å²) >= 11 is 0. The summed E-state index contributed by atoms with van der Waals surface area (Å²) in [6.45, 7) is 1.78. The lowest BCUT2D eigenvalue weighted by Crippen LogP contribution is -2.47. The van der Waals surface area contributed by atoms with Crippen LogP contribution in [0.4, 0.5) is 4.79 Å². The lowest BCUT2D eigenvalue weighted by Gasteiger charge is -2.23. The zero-order valence-electron chi connectivity index (χ0n) is 10.5. The molecule has 0 aromatic carbocycles. The molecule has 18 heavy (non-hydrogen) atoms. The predicted octanol–water partition coefficient (Wildman–Crippen LogP) is 0.450. The van der Waals surface area contributed by atoms with Crippen LogP contribution in [-0.2, 0) is 15.6 Å². The lowest BCUT2D eigenvalue weighted by atomic mass is 10.1. The highest BCUT2D eigenvalue weighted by molar-refractivity contribution is 7.85. The number of amides is 2. The minimum absolute atomic E-state index is 0.0455. The molecule has 0 aliphatic carbocycles. The van der Waals surface area contributed by atoms with Crippen molar-refractivity contribution in [1.82, 2.24) is 10.6 Å². The van der Waals surface area contributed by atoms with Gasteiger partial charge in [-0.1, -0.05) is 0 Å². The van der Waals surface area contributed by atoms with Crippen LogP contribution in [0.2, 0.25) is 0 Å². The quantitative estimate of drug-likeness (QED) is 0.679. The van der Waals surface area contributed by atoms with Gasteiger partial charge in [-0.25, -0.2) is 4.79 Å². The molecule has 0 bridgehead atoms. The molecule has 1 atom stereocenters. The number of aliphatic carboxylic acids is 1. The van der Waals surface area contributed by atoms with E-state index in [9.17, 15) is 13.8 Å². The second-order valence-electron chi connectivity index (χ2n) is 4.57. The molecule has 0 aromatic rings. The number of hydrogen-bond acceptors (Lipinski definition) is 3. The molecule has 1 rings (SSSR count).